The van der Waals surface area contributed by atoms with Gasteiger partial charge in [-0.25, -0.2) is 0 Å². The number of thioether (sulfide) groups is 1. The van der Waals surface area contributed by atoms with Crippen molar-refractivity contribution < 1.29 is 13.9 Å². The number of aryl methyl sites for hydroxylation is 2. The van der Waals surface area contributed by atoms with E-state index in [0.717, 1.165) is 40.2 Å². The molecule has 1 aromatic heterocycles. The summed E-state index contributed by atoms with van der Waals surface area (Å²) in [6.45, 7) is 0. The minimum atomic E-state index is -0.175. The molecule has 0 aliphatic heterocycles. The van der Waals surface area contributed by atoms with Crippen molar-refractivity contribution in [3.8, 4) is 5.75 Å². The Bertz CT molecular complexity index is 977. The highest BCUT2D eigenvalue weighted by Crippen LogP contribution is 2.34. The van der Waals surface area contributed by atoms with Crippen LogP contribution in [0.5, 0.6) is 5.75 Å². The molecule has 26 heavy (non-hydrogen) atoms. The van der Waals surface area contributed by atoms with E-state index in [9.17, 15) is 4.79 Å². The first kappa shape index (κ1) is 17.0. The fraction of sp³-hybridized carbons (Fsp3) is 0.286. The van der Waals surface area contributed by atoms with Gasteiger partial charge in [0.1, 0.15) is 17.1 Å². The summed E-state index contributed by atoms with van der Waals surface area (Å²) >= 11 is 1.62. The lowest BCUT2D eigenvalue weighted by molar-refractivity contribution is 0.102. The molecule has 1 heterocycles. The van der Waals surface area contributed by atoms with Crippen LogP contribution in [-0.4, -0.2) is 19.3 Å². The first-order valence-electron chi connectivity index (χ1n) is 8.77. The van der Waals surface area contributed by atoms with E-state index >= 15 is 0 Å². The van der Waals surface area contributed by atoms with Gasteiger partial charge in [-0.15, -0.1) is 11.8 Å². The summed E-state index contributed by atoms with van der Waals surface area (Å²) in [5, 5.41) is 4.10. The van der Waals surface area contributed by atoms with E-state index in [1.165, 1.54) is 18.4 Å². The molecule has 2 aromatic carbocycles. The number of methoxy groups -OCH3 is 1. The Morgan fingerprint density at radius 3 is 2.81 bits per heavy atom. The summed E-state index contributed by atoms with van der Waals surface area (Å²) in [5.74, 6) is 1.51. The molecule has 0 bridgehead atoms. The van der Waals surface area contributed by atoms with Crippen LogP contribution in [0, 0.1) is 0 Å². The van der Waals surface area contributed by atoms with Gasteiger partial charge in [-0.1, -0.05) is 0 Å². The van der Waals surface area contributed by atoms with Crippen molar-refractivity contribution in [3.63, 3.8) is 0 Å². The monoisotopic (exact) mass is 367 g/mol. The average Bonchev–Trinajstić information content (AvgIpc) is 3.05. The molecule has 4 rings (SSSR count). The van der Waals surface area contributed by atoms with Crippen LogP contribution in [0.15, 0.2) is 45.7 Å². The van der Waals surface area contributed by atoms with Crippen molar-refractivity contribution in [1.29, 1.82) is 0 Å². The van der Waals surface area contributed by atoms with E-state index in [0.29, 0.717) is 11.3 Å². The Morgan fingerprint density at radius 2 is 2.00 bits per heavy atom. The van der Waals surface area contributed by atoms with Gasteiger partial charge in [-0.2, -0.15) is 0 Å². The standard InChI is InChI=1S/C21H21NO3S/c1-24-20-12-14(26-2)8-9-16(20)21(23)22-13-7-10-19-17(11-13)15-5-3-4-6-18(15)25-19/h7-12H,3-6H2,1-2H3,(H,22,23). The van der Waals surface area contributed by atoms with Gasteiger partial charge in [0.15, 0.2) is 0 Å². The highest BCUT2D eigenvalue weighted by Gasteiger charge is 2.19. The summed E-state index contributed by atoms with van der Waals surface area (Å²) in [4.78, 5) is 13.8. The first-order valence-corrected chi connectivity index (χ1v) is 10.00. The van der Waals surface area contributed by atoms with Crippen LogP contribution in [-0.2, 0) is 12.8 Å². The molecule has 4 nitrogen and oxygen atoms in total. The topological polar surface area (TPSA) is 51.5 Å². The van der Waals surface area contributed by atoms with E-state index in [1.807, 2.05) is 36.6 Å². The molecule has 3 aromatic rings. The van der Waals surface area contributed by atoms with E-state index in [-0.39, 0.29) is 5.91 Å². The highest BCUT2D eigenvalue weighted by molar-refractivity contribution is 7.98. The van der Waals surface area contributed by atoms with Crippen LogP contribution in [0.4, 0.5) is 5.69 Å². The molecule has 1 N–H and O–H groups in total. The van der Waals surface area contributed by atoms with E-state index in [4.69, 9.17) is 9.15 Å². The third-order valence-electron chi connectivity index (χ3n) is 4.87. The van der Waals surface area contributed by atoms with Crippen molar-refractivity contribution in [1.82, 2.24) is 0 Å². The fourth-order valence-corrected chi connectivity index (χ4v) is 3.95. The van der Waals surface area contributed by atoms with Crippen LogP contribution in [0.25, 0.3) is 11.0 Å². The van der Waals surface area contributed by atoms with E-state index in [1.54, 1.807) is 24.9 Å². The number of fused-ring (bicyclic) bond motifs is 3. The molecule has 0 atom stereocenters. The second-order valence-electron chi connectivity index (χ2n) is 6.44. The van der Waals surface area contributed by atoms with Gasteiger partial charge in [0.05, 0.1) is 12.7 Å². The summed E-state index contributed by atoms with van der Waals surface area (Å²) in [7, 11) is 1.58. The molecule has 5 heteroatoms. The molecule has 0 saturated heterocycles. The van der Waals surface area contributed by atoms with Crippen LogP contribution in [0.3, 0.4) is 0 Å². The van der Waals surface area contributed by atoms with Crippen molar-refractivity contribution in [2.45, 2.75) is 30.6 Å². The number of ether oxygens (including phenoxy) is 1. The Balaban J connectivity index is 1.63. The minimum absolute atomic E-state index is 0.175. The number of anilines is 1. The minimum Gasteiger partial charge on any atom is -0.496 e. The normalized spacial score (nSPS) is 13.5. The number of hydrogen-bond donors (Lipinski definition) is 1. The SMILES string of the molecule is COc1cc(SC)ccc1C(=O)Nc1ccc2oc3c(c2c1)CCCC3. The molecule has 0 saturated carbocycles. The zero-order valence-corrected chi connectivity index (χ0v) is 15.7. The number of nitrogens with one attached hydrogen (secondary N) is 1. The number of carbonyl (C=O) groups excluding carboxylic acids is 1. The molecule has 1 aliphatic carbocycles. The number of furan rings is 1. The van der Waals surface area contributed by atoms with Gasteiger partial charge in [0, 0.05) is 28.0 Å². The molecule has 1 aliphatic rings. The second-order valence-corrected chi connectivity index (χ2v) is 7.32. The van der Waals surface area contributed by atoms with Crippen LogP contribution >= 0.6 is 11.8 Å². The van der Waals surface area contributed by atoms with Crippen molar-refractivity contribution in [3.05, 3.63) is 53.3 Å². The molecule has 0 spiro atoms. The van der Waals surface area contributed by atoms with Crippen molar-refractivity contribution in [2.24, 2.45) is 0 Å². The summed E-state index contributed by atoms with van der Waals surface area (Å²) < 4.78 is 11.4. The number of amides is 1. The fourth-order valence-electron chi connectivity index (χ4n) is 3.52. The molecule has 0 fully saturated rings. The Kier molecular flexibility index (Phi) is 4.64. The number of benzene rings is 2. The molecular formula is C21H21NO3S. The largest absolute Gasteiger partial charge is 0.496 e. The molecule has 134 valence electrons. The molecule has 0 unspecified atom stereocenters. The molecule has 1 amide bonds. The lowest BCUT2D eigenvalue weighted by Gasteiger charge is -2.11. The number of carbonyl (C=O) groups is 1. The second kappa shape index (κ2) is 7.08. The maximum Gasteiger partial charge on any atom is 0.259 e. The smallest absolute Gasteiger partial charge is 0.259 e. The maximum atomic E-state index is 12.7. The van der Waals surface area contributed by atoms with E-state index in [2.05, 4.69) is 5.32 Å². The van der Waals surface area contributed by atoms with Crippen molar-refractivity contribution in [2.75, 3.05) is 18.7 Å². The average molecular weight is 367 g/mol. The zero-order chi connectivity index (χ0) is 18.1. The maximum absolute atomic E-state index is 12.7. The summed E-state index contributed by atoms with van der Waals surface area (Å²) in [6, 6.07) is 11.5. The quantitative estimate of drug-likeness (QED) is 0.636. The van der Waals surface area contributed by atoms with Gasteiger partial charge in [0.25, 0.3) is 5.91 Å². The zero-order valence-electron chi connectivity index (χ0n) is 14.9. The van der Waals surface area contributed by atoms with Crippen LogP contribution in [0.1, 0.15) is 34.5 Å². The van der Waals surface area contributed by atoms with Gasteiger partial charge >= 0.3 is 0 Å². The predicted octanol–water partition coefficient (Wildman–Crippen LogP) is 5.29. The molecular weight excluding hydrogens is 346 g/mol. The number of hydrogen-bond acceptors (Lipinski definition) is 4. The van der Waals surface area contributed by atoms with Gasteiger partial charge in [-0.05, 0) is 61.9 Å². The Hall–Kier alpha value is -2.40. The lowest BCUT2D eigenvalue weighted by Crippen LogP contribution is -2.13. The van der Waals surface area contributed by atoms with Gasteiger partial charge in [-0.3, -0.25) is 4.79 Å². The van der Waals surface area contributed by atoms with E-state index < -0.39 is 0 Å². The number of rotatable bonds is 4. The lowest BCUT2D eigenvalue weighted by atomic mass is 9.96. The van der Waals surface area contributed by atoms with Gasteiger partial charge < -0.3 is 14.5 Å². The Morgan fingerprint density at radius 1 is 1.15 bits per heavy atom. The van der Waals surface area contributed by atoms with Crippen LogP contribution in [0.2, 0.25) is 0 Å². The highest BCUT2D eigenvalue weighted by atomic mass is 32.2. The molecule has 0 radical (unpaired) electrons. The predicted molar refractivity (Wildman–Crippen MR) is 106 cm³/mol. The van der Waals surface area contributed by atoms with Gasteiger partial charge in [0.2, 0.25) is 0 Å². The third-order valence-corrected chi connectivity index (χ3v) is 5.59. The van der Waals surface area contributed by atoms with Crippen molar-refractivity contribution >= 4 is 34.3 Å². The Labute approximate surface area is 156 Å². The summed E-state index contributed by atoms with van der Waals surface area (Å²) in [6.07, 6.45) is 6.42. The third kappa shape index (κ3) is 3.07. The first-order chi connectivity index (χ1) is 12.7. The summed E-state index contributed by atoms with van der Waals surface area (Å²) in [5.41, 5.74) is 3.49. The van der Waals surface area contributed by atoms with Crippen LogP contribution < -0.4 is 10.1 Å².